The summed E-state index contributed by atoms with van der Waals surface area (Å²) in [5.74, 6) is -0.116. The molecule has 1 aromatic heterocycles. The highest BCUT2D eigenvalue weighted by Crippen LogP contribution is 2.20. The van der Waals surface area contributed by atoms with E-state index in [1.54, 1.807) is 18.3 Å². The zero-order valence-corrected chi connectivity index (χ0v) is 15.0. The smallest absolute Gasteiger partial charge is 0.251 e. The number of benzene rings is 1. The number of carbonyl (C=O) groups excluding carboxylic acids is 1. The van der Waals surface area contributed by atoms with Crippen LogP contribution in [0.2, 0.25) is 5.02 Å². The molecule has 5 nitrogen and oxygen atoms in total. The molecule has 25 heavy (non-hydrogen) atoms. The molecular formula is C19H22ClN3O2. The number of rotatable bonds is 5. The van der Waals surface area contributed by atoms with E-state index in [1.165, 1.54) is 0 Å². The SMILES string of the molecule is Cc1ccc(Cl)cc1C(=O)NCC(c1ccccn1)N1CCOCC1. The molecule has 0 spiro atoms. The summed E-state index contributed by atoms with van der Waals surface area (Å²) < 4.78 is 5.45. The van der Waals surface area contributed by atoms with E-state index in [2.05, 4.69) is 15.2 Å². The second kappa shape index (κ2) is 8.43. The Bertz CT molecular complexity index is 718. The van der Waals surface area contributed by atoms with Crippen LogP contribution in [-0.4, -0.2) is 48.6 Å². The summed E-state index contributed by atoms with van der Waals surface area (Å²) in [6, 6.07) is 11.2. The minimum atomic E-state index is -0.116. The van der Waals surface area contributed by atoms with Gasteiger partial charge in [0.2, 0.25) is 0 Å². The second-order valence-corrected chi connectivity index (χ2v) is 6.52. The van der Waals surface area contributed by atoms with Crippen LogP contribution >= 0.6 is 11.6 Å². The van der Waals surface area contributed by atoms with Gasteiger partial charge in [0.1, 0.15) is 0 Å². The molecule has 2 aromatic rings. The zero-order chi connectivity index (χ0) is 17.6. The third-order valence-electron chi connectivity index (χ3n) is 4.42. The van der Waals surface area contributed by atoms with Crippen molar-refractivity contribution in [3.05, 3.63) is 64.4 Å². The third kappa shape index (κ3) is 4.57. The summed E-state index contributed by atoms with van der Waals surface area (Å²) in [4.78, 5) is 19.4. The van der Waals surface area contributed by atoms with Crippen molar-refractivity contribution in [1.82, 2.24) is 15.2 Å². The van der Waals surface area contributed by atoms with Crippen molar-refractivity contribution in [3.63, 3.8) is 0 Å². The maximum atomic E-state index is 12.6. The van der Waals surface area contributed by atoms with Gasteiger partial charge in [0.15, 0.2) is 0 Å². The number of hydrogen-bond acceptors (Lipinski definition) is 4. The van der Waals surface area contributed by atoms with Gasteiger partial charge < -0.3 is 10.1 Å². The molecule has 1 aliphatic rings. The third-order valence-corrected chi connectivity index (χ3v) is 4.65. The van der Waals surface area contributed by atoms with E-state index in [9.17, 15) is 4.79 Å². The van der Waals surface area contributed by atoms with Crippen LogP contribution in [0.15, 0.2) is 42.6 Å². The van der Waals surface area contributed by atoms with Gasteiger partial charge >= 0.3 is 0 Å². The van der Waals surface area contributed by atoms with Crippen LogP contribution in [0.5, 0.6) is 0 Å². The van der Waals surface area contributed by atoms with Crippen LogP contribution in [0, 0.1) is 6.92 Å². The molecule has 1 saturated heterocycles. The quantitative estimate of drug-likeness (QED) is 0.891. The van der Waals surface area contributed by atoms with Crippen LogP contribution < -0.4 is 5.32 Å². The molecular weight excluding hydrogens is 338 g/mol. The highest BCUT2D eigenvalue weighted by molar-refractivity contribution is 6.31. The van der Waals surface area contributed by atoms with Gasteiger partial charge in [-0.15, -0.1) is 0 Å². The number of aromatic nitrogens is 1. The molecule has 1 unspecified atom stereocenters. The normalized spacial score (nSPS) is 16.4. The maximum absolute atomic E-state index is 12.6. The Labute approximate surface area is 153 Å². The molecule has 1 atom stereocenters. The topological polar surface area (TPSA) is 54.5 Å². The molecule has 0 aliphatic carbocycles. The number of aryl methyl sites for hydroxylation is 1. The van der Waals surface area contributed by atoms with Crippen molar-refractivity contribution in [1.29, 1.82) is 0 Å². The van der Waals surface area contributed by atoms with E-state index in [1.807, 2.05) is 31.2 Å². The number of halogens is 1. The van der Waals surface area contributed by atoms with E-state index < -0.39 is 0 Å². The van der Waals surface area contributed by atoms with Gasteiger partial charge in [0.05, 0.1) is 24.9 Å². The van der Waals surface area contributed by atoms with Crippen molar-refractivity contribution in [2.24, 2.45) is 0 Å². The summed E-state index contributed by atoms with van der Waals surface area (Å²) >= 11 is 6.03. The number of amides is 1. The standard InChI is InChI=1S/C19H22ClN3O2/c1-14-5-6-15(20)12-16(14)19(24)22-13-18(17-4-2-3-7-21-17)23-8-10-25-11-9-23/h2-7,12,18H,8-11,13H2,1H3,(H,22,24). The maximum Gasteiger partial charge on any atom is 0.251 e. The first kappa shape index (κ1) is 17.9. The lowest BCUT2D eigenvalue weighted by atomic mass is 10.1. The van der Waals surface area contributed by atoms with Gasteiger partial charge in [-0.2, -0.15) is 0 Å². The molecule has 0 saturated carbocycles. The number of nitrogens with one attached hydrogen (secondary N) is 1. The minimum Gasteiger partial charge on any atom is -0.379 e. The summed E-state index contributed by atoms with van der Waals surface area (Å²) in [6.45, 7) is 5.45. The Hall–Kier alpha value is -1.95. The van der Waals surface area contributed by atoms with Gasteiger partial charge in [0.25, 0.3) is 5.91 Å². The number of ether oxygens (including phenoxy) is 1. The van der Waals surface area contributed by atoms with Gasteiger partial charge in [0, 0.05) is 36.4 Å². The molecule has 1 amide bonds. The molecule has 1 N–H and O–H groups in total. The Morgan fingerprint density at radius 3 is 2.84 bits per heavy atom. The van der Waals surface area contributed by atoms with Crippen LogP contribution in [-0.2, 0) is 4.74 Å². The molecule has 0 radical (unpaired) electrons. The van der Waals surface area contributed by atoms with Crippen LogP contribution in [0.3, 0.4) is 0 Å². The molecule has 6 heteroatoms. The second-order valence-electron chi connectivity index (χ2n) is 6.09. The highest BCUT2D eigenvalue weighted by Gasteiger charge is 2.24. The fraction of sp³-hybridized carbons (Fsp3) is 0.368. The Morgan fingerprint density at radius 2 is 2.12 bits per heavy atom. The first-order valence-electron chi connectivity index (χ1n) is 8.42. The zero-order valence-electron chi connectivity index (χ0n) is 14.2. The molecule has 2 heterocycles. The van der Waals surface area contributed by atoms with E-state index in [0.717, 1.165) is 24.3 Å². The van der Waals surface area contributed by atoms with Crippen molar-refractivity contribution in [2.75, 3.05) is 32.8 Å². The van der Waals surface area contributed by atoms with E-state index in [0.29, 0.717) is 30.3 Å². The van der Waals surface area contributed by atoms with Crippen molar-refractivity contribution < 1.29 is 9.53 Å². The molecule has 132 valence electrons. The van der Waals surface area contributed by atoms with Crippen molar-refractivity contribution in [2.45, 2.75) is 13.0 Å². The number of carbonyl (C=O) groups is 1. The summed E-state index contributed by atoms with van der Waals surface area (Å²) in [5, 5.41) is 3.60. The first-order valence-corrected chi connectivity index (χ1v) is 8.80. The number of pyridine rings is 1. The van der Waals surface area contributed by atoms with Crippen LogP contribution in [0.4, 0.5) is 0 Å². The van der Waals surface area contributed by atoms with Crippen LogP contribution in [0.25, 0.3) is 0 Å². The molecule has 0 bridgehead atoms. The Kier molecular flexibility index (Phi) is 6.02. The van der Waals surface area contributed by atoms with Crippen LogP contribution in [0.1, 0.15) is 27.7 Å². The summed E-state index contributed by atoms with van der Waals surface area (Å²) in [5.41, 5.74) is 2.46. The van der Waals surface area contributed by atoms with E-state index in [-0.39, 0.29) is 11.9 Å². The molecule has 3 rings (SSSR count). The number of nitrogens with zero attached hydrogens (tertiary/aromatic N) is 2. The number of morpholine rings is 1. The monoisotopic (exact) mass is 359 g/mol. The molecule has 1 aromatic carbocycles. The Balaban J connectivity index is 1.74. The average Bonchev–Trinajstić information content (AvgIpc) is 2.65. The van der Waals surface area contributed by atoms with Gasteiger partial charge in [-0.05, 0) is 36.8 Å². The molecule has 1 fully saturated rings. The van der Waals surface area contributed by atoms with Gasteiger partial charge in [-0.1, -0.05) is 23.7 Å². The summed E-state index contributed by atoms with van der Waals surface area (Å²) in [7, 11) is 0. The predicted molar refractivity (Wildman–Crippen MR) is 97.9 cm³/mol. The fourth-order valence-corrected chi connectivity index (χ4v) is 3.18. The lowest BCUT2D eigenvalue weighted by Crippen LogP contribution is -2.44. The average molecular weight is 360 g/mol. The van der Waals surface area contributed by atoms with Gasteiger partial charge in [-0.25, -0.2) is 0 Å². The molecule has 1 aliphatic heterocycles. The summed E-state index contributed by atoms with van der Waals surface area (Å²) in [6.07, 6.45) is 1.78. The lowest BCUT2D eigenvalue weighted by Gasteiger charge is -2.34. The minimum absolute atomic E-state index is 0.0218. The van der Waals surface area contributed by atoms with Crippen molar-refractivity contribution in [3.8, 4) is 0 Å². The fourth-order valence-electron chi connectivity index (χ4n) is 3.01. The highest BCUT2D eigenvalue weighted by atomic mass is 35.5. The van der Waals surface area contributed by atoms with E-state index in [4.69, 9.17) is 16.3 Å². The van der Waals surface area contributed by atoms with Gasteiger partial charge in [-0.3, -0.25) is 14.7 Å². The van der Waals surface area contributed by atoms with Crippen molar-refractivity contribution >= 4 is 17.5 Å². The predicted octanol–water partition coefficient (Wildman–Crippen LogP) is 2.85. The Morgan fingerprint density at radius 1 is 1.32 bits per heavy atom. The largest absolute Gasteiger partial charge is 0.379 e. The van der Waals surface area contributed by atoms with E-state index >= 15 is 0 Å². The number of hydrogen-bond donors (Lipinski definition) is 1. The lowest BCUT2D eigenvalue weighted by molar-refractivity contribution is 0.0154. The first-order chi connectivity index (χ1) is 12.1.